The predicted molar refractivity (Wildman–Crippen MR) is 55.1 cm³/mol. The van der Waals surface area contributed by atoms with Crippen LogP contribution in [-0.2, 0) is 5.60 Å². The number of thiophene rings is 1. The molecule has 1 aliphatic heterocycles. The van der Waals surface area contributed by atoms with Gasteiger partial charge in [-0.05, 0) is 38.4 Å². The number of aliphatic hydroxyl groups is 1. The topological polar surface area (TPSA) is 32.3 Å². The van der Waals surface area contributed by atoms with E-state index in [1.807, 2.05) is 6.07 Å². The molecule has 0 radical (unpaired) electrons. The Balaban J connectivity index is 2.22. The van der Waals surface area contributed by atoms with Crippen molar-refractivity contribution in [1.29, 1.82) is 0 Å². The van der Waals surface area contributed by atoms with E-state index >= 15 is 0 Å². The summed E-state index contributed by atoms with van der Waals surface area (Å²) in [4.78, 5) is 2.38. The molecule has 0 aliphatic carbocycles. The van der Waals surface area contributed by atoms with Crippen molar-refractivity contribution < 1.29 is 5.11 Å². The summed E-state index contributed by atoms with van der Waals surface area (Å²) >= 11 is 1.70. The van der Waals surface area contributed by atoms with E-state index in [4.69, 9.17) is 0 Å². The summed E-state index contributed by atoms with van der Waals surface area (Å²) in [5, 5.41) is 13.5. The normalized spacial score (nSPS) is 29.1. The highest BCUT2D eigenvalue weighted by Crippen LogP contribution is 2.32. The molecule has 2 N–H and O–H groups in total. The lowest BCUT2D eigenvalue weighted by molar-refractivity contribution is 0.0158. The van der Waals surface area contributed by atoms with Gasteiger partial charge in [0.1, 0.15) is 5.60 Å². The number of hydrogen-bond acceptors (Lipinski definition) is 3. The van der Waals surface area contributed by atoms with Crippen molar-refractivity contribution in [2.75, 3.05) is 13.1 Å². The highest BCUT2D eigenvalue weighted by molar-refractivity contribution is 7.12. The van der Waals surface area contributed by atoms with E-state index in [0.717, 1.165) is 24.3 Å². The summed E-state index contributed by atoms with van der Waals surface area (Å²) in [6.07, 6.45) is 1.95. The Bertz CT molecular complexity index is 289. The fraction of sp³-hybridized carbons (Fsp3) is 0.600. The first-order valence-corrected chi connectivity index (χ1v) is 5.52. The van der Waals surface area contributed by atoms with Gasteiger partial charge in [0, 0.05) is 16.3 Å². The number of rotatable bonds is 1. The Morgan fingerprint density at radius 2 is 2.38 bits per heavy atom. The average molecular weight is 197 g/mol. The predicted octanol–water partition coefficient (Wildman–Crippen LogP) is 1.63. The van der Waals surface area contributed by atoms with E-state index < -0.39 is 5.60 Å². The quantitative estimate of drug-likeness (QED) is 0.717. The molecule has 1 aliphatic rings. The fourth-order valence-electron chi connectivity index (χ4n) is 1.78. The van der Waals surface area contributed by atoms with Gasteiger partial charge in [-0.2, -0.15) is 0 Å². The molecule has 0 aromatic carbocycles. The van der Waals surface area contributed by atoms with Crippen molar-refractivity contribution in [3.05, 3.63) is 21.9 Å². The van der Waals surface area contributed by atoms with E-state index in [1.54, 1.807) is 11.3 Å². The van der Waals surface area contributed by atoms with Gasteiger partial charge >= 0.3 is 0 Å². The van der Waals surface area contributed by atoms with Crippen LogP contribution in [0.2, 0.25) is 0 Å². The second kappa shape index (κ2) is 3.40. The van der Waals surface area contributed by atoms with E-state index in [9.17, 15) is 5.11 Å². The zero-order valence-corrected chi connectivity index (χ0v) is 8.66. The molecule has 0 amide bonds. The summed E-state index contributed by atoms with van der Waals surface area (Å²) in [7, 11) is 0. The number of piperidine rings is 1. The Morgan fingerprint density at radius 3 is 2.92 bits per heavy atom. The van der Waals surface area contributed by atoms with Gasteiger partial charge in [0.05, 0.1) is 0 Å². The van der Waals surface area contributed by atoms with Gasteiger partial charge in [0.15, 0.2) is 0 Å². The zero-order valence-electron chi connectivity index (χ0n) is 7.84. The van der Waals surface area contributed by atoms with Gasteiger partial charge in [-0.15, -0.1) is 11.3 Å². The molecule has 1 aromatic heterocycles. The highest BCUT2D eigenvalue weighted by Gasteiger charge is 2.32. The minimum absolute atomic E-state index is 0.600. The molecule has 1 unspecified atom stereocenters. The number of hydrogen-bond donors (Lipinski definition) is 2. The van der Waals surface area contributed by atoms with Crippen molar-refractivity contribution in [1.82, 2.24) is 5.32 Å². The van der Waals surface area contributed by atoms with Gasteiger partial charge in [-0.3, -0.25) is 0 Å². The first kappa shape index (κ1) is 9.19. The Kier molecular flexibility index (Phi) is 2.41. The van der Waals surface area contributed by atoms with Gasteiger partial charge < -0.3 is 10.4 Å². The van der Waals surface area contributed by atoms with E-state index in [-0.39, 0.29) is 0 Å². The molecular formula is C10H15NOS. The van der Waals surface area contributed by atoms with Gasteiger partial charge in [0.2, 0.25) is 0 Å². The van der Waals surface area contributed by atoms with E-state index in [1.165, 1.54) is 4.88 Å². The SMILES string of the molecule is Cc1ccc(C2(O)CCCNC2)s1. The third-order valence-electron chi connectivity index (χ3n) is 2.56. The van der Waals surface area contributed by atoms with E-state index in [2.05, 4.69) is 18.3 Å². The second-order valence-corrected chi connectivity index (χ2v) is 5.01. The van der Waals surface area contributed by atoms with Crippen LogP contribution in [-0.4, -0.2) is 18.2 Å². The van der Waals surface area contributed by atoms with Gasteiger partial charge in [0.25, 0.3) is 0 Å². The molecule has 2 rings (SSSR count). The first-order chi connectivity index (χ1) is 6.21. The molecule has 0 spiro atoms. The maximum Gasteiger partial charge on any atom is 0.111 e. The maximum absolute atomic E-state index is 10.3. The third-order valence-corrected chi connectivity index (χ3v) is 3.75. The molecule has 0 saturated carbocycles. The molecule has 2 nitrogen and oxygen atoms in total. The lowest BCUT2D eigenvalue weighted by atomic mass is 9.93. The Labute approximate surface area is 82.6 Å². The Morgan fingerprint density at radius 1 is 1.54 bits per heavy atom. The summed E-state index contributed by atoms with van der Waals surface area (Å²) in [5.74, 6) is 0. The van der Waals surface area contributed by atoms with Crippen molar-refractivity contribution in [3.8, 4) is 0 Å². The molecule has 72 valence electrons. The van der Waals surface area contributed by atoms with Crippen LogP contribution in [0.3, 0.4) is 0 Å². The average Bonchev–Trinajstić information content (AvgIpc) is 2.54. The molecule has 3 heteroatoms. The molecule has 1 aromatic rings. The van der Waals surface area contributed by atoms with Crippen LogP contribution in [0.15, 0.2) is 12.1 Å². The zero-order chi connectivity index (χ0) is 9.31. The second-order valence-electron chi connectivity index (χ2n) is 3.72. The summed E-state index contributed by atoms with van der Waals surface area (Å²) in [6, 6.07) is 4.12. The minimum atomic E-state index is -0.600. The lowest BCUT2D eigenvalue weighted by Gasteiger charge is -2.31. The Hall–Kier alpha value is -0.380. The van der Waals surface area contributed by atoms with Crippen molar-refractivity contribution in [3.63, 3.8) is 0 Å². The van der Waals surface area contributed by atoms with Gasteiger partial charge in [-0.1, -0.05) is 0 Å². The van der Waals surface area contributed by atoms with Crippen molar-refractivity contribution >= 4 is 11.3 Å². The number of aryl methyl sites for hydroxylation is 1. The van der Waals surface area contributed by atoms with Crippen LogP contribution in [0.25, 0.3) is 0 Å². The fourth-order valence-corrected chi connectivity index (χ4v) is 2.77. The summed E-state index contributed by atoms with van der Waals surface area (Å²) in [5.41, 5.74) is -0.600. The summed E-state index contributed by atoms with van der Waals surface area (Å²) < 4.78 is 0. The molecule has 1 saturated heterocycles. The van der Waals surface area contributed by atoms with Crippen LogP contribution in [0.4, 0.5) is 0 Å². The molecule has 13 heavy (non-hydrogen) atoms. The highest BCUT2D eigenvalue weighted by atomic mass is 32.1. The van der Waals surface area contributed by atoms with Crippen molar-refractivity contribution in [2.45, 2.75) is 25.4 Å². The van der Waals surface area contributed by atoms with E-state index in [0.29, 0.717) is 6.54 Å². The first-order valence-electron chi connectivity index (χ1n) is 4.71. The summed E-state index contributed by atoms with van der Waals surface area (Å²) in [6.45, 7) is 3.81. The van der Waals surface area contributed by atoms with Crippen LogP contribution in [0, 0.1) is 6.92 Å². The molecular weight excluding hydrogens is 182 g/mol. The monoisotopic (exact) mass is 197 g/mol. The van der Waals surface area contributed by atoms with Crippen LogP contribution in [0.5, 0.6) is 0 Å². The lowest BCUT2D eigenvalue weighted by Crippen LogP contribution is -2.42. The number of nitrogens with one attached hydrogen (secondary N) is 1. The standard InChI is InChI=1S/C10H15NOS/c1-8-3-4-9(13-8)10(12)5-2-6-11-7-10/h3-4,11-12H,2,5-7H2,1H3. The van der Waals surface area contributed by atoms with Crippen LogP contribution >= 0.6 is 11.3 Å². The molecule has 0 bridgehead atoms. The van der Waals surface area contributed by atoms with Crippen molar-refractivity contribution in [2.24, 2.45) is 0 Å². The molecule has 1 fully saturated rings. The largest absolute Gasteiger partial charge is 0.383 e. The van der Waals surface area contributed by atoms with Crippen LogP contribution < -0.4 is 5.32 Å². The maximum atomic E-state index is 10.3. The van der Waals surface area contributed by atoms with Gasteiger partial charge in [-0.25, -0.2) is 0 Å². The molecule has 2 heterocycles. The third kappa shape index (κ3) is 1.77. The molecule has 1 atom stereocenters. The smallest absolute Gasteiger partial charge is 0.111 e. The minimum Gasteiger partial charge on any atom is -0.383 e. The van der Waals surface area contributed by atoms with Crippen LogP contribution in [0.1, 0.15) is 22.6 Å². The number of β-amino-alcohol motifs (C(OH)–C–C–N with tert-alkyl or cyclic N) is 1.